The number of carbonyl (C=O) groups excluding carboxylic acids is 1. The van der Waals surface area contributed by atoms with Gasteiger partial charge in [0.25, 0.3) is 0 Å². The highest BCUT2D eigenvalue weighted by molar-refractivity contribution is 7.71. The second-order valence-corrected chi connectivity index (χ2v) is 7.67. The average Bonchev–Trinajstić information content (AvgIpc) is 3.18. The van der Waals surface area contributed by atoms with Crippen LogP contribution in [0.2, 0.25) is 0 Å². The minimum Gasteiger partial charge on any atom is -0.341 e. The van der Waals surface area contributed by atoms with E-state index in [1.807, 2.05) is 29.5 Å². The van der Waals surface area contributed by atoms with E-state index in [0.29, 0.717) is 10.8 Å². The Hall–Kier alpha value is -1.47. The fourth-order valence-electron chi connectivity index (χ4n) is 3.14. The van der Waals surface area contributed by atoms with Crippen molar-refractivity contribution >= 4 is 29.5 Å². The summed E-state index contributed by atoms with van der Waals surface area (Å²) in [5.74, 6) is 1.62. The van der Waals surface area contributed by atoms with Crippen molar-refractivity contribution in [2.75, 3.05) is 7.05 Å². The first-order chi connectivity index (χ1) is 11.1. The number of carbonyl (C=O) groups is 1. The van der Waals surface area contributed by atoms with Crippen LogP contribution in [0.3, 0.4) is 0 Å². The van der Waals surface area contributed by atoms with Crippen LogP contribution < -0.4 is 0 Å². The van der Waals surface area contributed by atoms with Crippen molar-refractivity contribution in [2.45, 2.75) is 45.2 Å². The minimum absolute atomic E-state index is 0.0971. The average molecular weight is 351 g/mol. The summed E-state index contributed by atoms with van der Waals surface area (Å²) < 4.78 is 2.29. The first-order valence-corrected chi connectivity index (χ1v) is 9.29. The molecule has 2 aromatic heterocycles. The quantitative estimate of drug-likeness (QED) is 0.855. The van der Waals surface area contributed by atoms with Crippen LogP contribution in [-0.4, -0.2) is 38.7 Å². The normalized spacial score (nSPS) is 21.3. The molecule has 3 rings (SSSR count). The third-order valence-corrected chi connectivity index (χ3v) is 5.90. The monoisotopic (exact) mass is 350 g/mol. The van der Waals surface area contributed by atoms with E-state index in [0.717, 1.165) is 29.5 Å². The lowest BCUT2D eigenvalue weighted by atomic mass is 9.87. The fourth-order valence-corrected chi connectivity index (χ4v) is 4.06. The molecule has 7 heteroatoms. The number of amides is 1. The molecule has 0 aromatic carbocycles. The predicted octanol–water partition coefficient (Wildman–Crippen LogP) is 3.71. The molecule has 0 unspecified atom stereocenters. The van der Waals surface area contributed by atoms with Gasteiger partial charge in [-0.15, -0.1) is 11.3 Å². The lowest BCUT2D eigenvalue weighted by molar-refractivity contribution is -0.133. The predicted molar refractivity (Wildman–Crippen MR) is 94.9 cm³/mol. The van der Waals surface area contributed by atoms with Gasteiger partial charge in [0, 0.05) is 13.1 Å². The van der Waals surface area contributed by atoms with Crippen LogP contribution in [0.25, 0.3) is 10.7 Å². The number of H-pyrrole nitrogens is 1. The lowest BCUT2D eigenvalue weighted by Crippen LogP contribution is -2.41. The number of rotatable bonds is 4. The second-order valence-electron chi connectivity index (χ2n) is 6.33. The number of aromatic amines is 1. The number of aromatic nitrogens is 3. The Bertz CT molecular complexity index is 711. The largest absolute Gasteiger partial charge is 0.341 e. The van der Waals surface area contributed by atoms with Crippen LogP contribution in [0, 0.1) is 10.7 Å². The van der Waals surface area contributed by atoms with Crippen LogP contribution in [0.1, 0.15) is 32.6 Å². The molecule has 0 radical (unpaired) electrons. The van der Waals surface area contributed by atoms with Crippen LogP contribution in [0.15, 0.2) is 17.5 Å². The van der Waals surface area contributed by atoms with Crippen molar-refractivity contribution in [1.82, 2.24) is 19.7 Å². The van der Waals surface area contributed by atoms with Gasteiger partial charge in [0.15, 0.2) is 10.6 Å². The number of nitrogens with one attached hydrogen (secondary N) is 1. The first-order valence-electron chi connectivity index (χ1n) is 8.01. The molecule has 0 saturated heterocycles. The smallest absolute Gasteiger partial charge is 0.242 e. The fraction of sp³-hybridized carbons (Fsp3) is 0.562. The molecule has 1 amide bonds. The molecule has 0 spiro atoms. The molecule has 0 atom stereocenters. The Morgan fingerprint density at radius 3 is 2.87 bits per heavy atom. The highest BCUT2D eigenvalue weighted by Gasteiger charge is 2.25. The van der Waals surface area contributed by atoms with Gasteiger partial charge in [0.1, 0.15) is 6.54 Å². The summed E-state index contributed by atoms with van der Waals surface area (Å²) in [6, 6.07) is 4.31. The molecule has 1 saturated carbocycles. The molecule has 1 fully saturated rings. The van der Waals surface area contributed by atoms with Gasteiger partial charge in [-0.25, -0.2) is 0 Å². The maximum atomic E-state index is 12.7. The topological polar surface area (TPSA) is 53.9 Å². The van der Waals surface area contributed by atoms with Crippen molar-refractivity contribution in [1.29, 1.82) is 0 Å². The van der Waals surface area contributed by atoms with Crippen molar-refractivity contribution in [3.8, 4) is 10.7 Å². The van der Waals surface area contributed by atoms with E-state index in [2.05, 4.69) is 17.1 Å². The second kappa shape index (κ2) is 6.97. The molecule has 2 aromatic rings. The summed E-state index contributed by atoms with van der Waals surface area (Å²) in [5, 5.41) is 9.08. The van der Waals surface area contributed by atoms with Crippen LogP contribution >= 0.6 is 23.6 Å². The Balaban J connectivity index is 1.73. The van der Waals surface area contributed by atoms with Crippen LogP contribution in [0.5, 0.6) is 0 Å². The Labute approximate surface area is 145 Å². The maximum Gasteiger partial charge on any atom is 0.242 e. The van der Waals surface area contributed by atoms with Crippen LogP contribution in [0.4, 0.5) is 0 Å². The van der Waals surface area contributed by atoms with Crippen molar-refractivity contribution in [3.63, 3.8) is 0 Å². The molecule has 5 nitrogen and oxygen atoms in total. The SMILES string of the molecule is CC1CCC(N(C)C(=O)Cn2c(-c3cccs3)n[nH]c2=S)CC1. The summed E-state index contributed by atoms with van der Waals surface area (Å²) in [4.78, 5) is 15.6. The lowest BCUT2D eigenvalue weighted by Gasteiger charge is -2.33. The van der Waals surface area contributed by atoms with E-state index in [9.17, 15) is 4.79 Å². The third-order valence-electron chi connectivity index (χ3n) is 4.72. The third kappa shape index (κ3) is 3.55. The number of hydrogen-bond acceptors (Lipinski definition) is 4. The number of nitrogens with zero attached hydrogens (tertiary/aromatic N) is 3. The van der Waals surface area contributed by atoms with E-state index in [-0.39, 0.29) is 12.5 Å². The van der Waals surface area contributed by atoms with E-state index < -0.39 is 0 Å². The summed E-state index contributed by atoms with van der Waals surface area (Å²) in [5.41, 5.74) is 0. The van der Waals surface area contributed by atoms with E-state index in [1.165, 1.54) is 12.8 Å². The molecule has 23 heavy (non-hydrogen) atoms. The summed E-state index contributed by atoms with van der Waals surface area (Å²) in [6.07, 6.45) is 4.59. The van der Waals surface area contributed by atoms with Gasteiger partial charge in [0.05, 0.1) is 4.88 Å². The van der Waals surface area contributed by atoms with Crippen LogP contribution in [-0.2, 0) is 11.3 Å². The highest BCUT2D eigenvalue weighted by Crippen LogP contribution is 2.27. The molecule has 2 heterocycles. The van der Waals surface area contributed by atoms with Crippen molar-refractivity contribution < 1.29 is 4.79 Å². The molecule has 1 aliphatic rings. The molecule has 0 aliphatic heterocycles. The van der Waals surface area contributed by atoms with Crippen molar-refractivity contribution in [3.05, 3.63) is 22.3 Å². The summed E-state index contributed by atoms with van der Waals surface area (Å²) in [7, 11) is 1.91. The first kappa shape index (κ1) is 16.4. The van der Waals surface area contributed by atoms with E-state index in [4.69, 9.17) is 12.2 Å². The molecular weight excluding hydrogens is 328 g/mol. The highest BCUT2D eigenvalue weighted by atomic mass is 32.1. The zero-order chi connectivity index (χ0) is 16.4. The van der Waals surface area contributed by atoms with Gasteiger partial charge in [-0.05, 0) is 55.3 Å². The van der Waals surface area contributed by atoms with Gasteiger partial charge < -0.3 is 4.90 Å². The Morgan fingerprint density at radius 1 is 1.48 bits per heavy atom. The molecule has 0 bridgehead atoms. The standard InChI is InChI=1S/C16H22N4OS2/c1-11-5-7-12(8-6-11)19(2)14(21)10-20-15(17-18-16(20)22)13-4-3-9-23-13/h3-4,9,11-12H,5-8,10H2,1-2H3,(H,18,22). The molecule has 1 aliphatic carbocycles. The maximum absolute atomic E-state index is 12.7. The summed E-state index contributed by atoms with van der Waals surface area (Å²) in [6.45, 7) is 2.53. The Kier molecular flexibility index (Phi) is 4.96. The molecule has 124 valence electrons. The molecule has 1 N–H and O–H groups in total. The van der Waals surface area contributed by atoms with Gasteiger partial charge >= 0.3 is 0 Å². The van der Waals surface area contributed by atoms with E-state index in [1.54, 1.807) is 15.9 Å². The number of thiophene rings is 1. The van der Waals surface area contributed by atoms with Gasteiger partial charge in [-0.3, -0.25) is 14.5 Å². The zero-order valence-electron chi connectivity index (χ0n) is 13.5. The number of hydrogen-bond donors (Lipinski definition) is 1. The number of likely N-dealkylation sites (N-methyl/N-ethyl adjacent to an activating group) is 1. The zero-order valence-corrected chi connectivity index (χ0v) is 15.1. The Morgan fingerprint density at radius 2 is 2.22 bits per heavy atom. The van der Waals surface area contributed by atoms with Gasteiger partial charge in [0.2, 0.25) is 5.91 Å². The van der Waals surface area contributed by atoms with Gasteiger partial charge in [-0.2, -0.15) is 5.10 Å². The minimum atomic E-state index is 0.0971. The van der Waals surface area contributed by atoms with E-state index >= 15 is 0 Å². The molecular formula is C16H22N4OS2. The van der Waals surface area contributed by atoms with Gasteiger partial charge in [-0.1, -0.05) is 13.0 Å². The van der Waals surface area contributed by atoms with Crippen molar-refractivity contribution in [2.24, 2.45) is 5.92 Å². The summed E-state index contributed by atoms with van der Waals surface area (Å²) >= 11 is 6.90.